The molecule has 0 spiro atoms. The van der Waals surface area contributed by atoms with Gasteiger partial charge in [-0.1, -0.05) is 61.7 Å². The molecule has 8 nitrogen and oxygen atoms in total. The lowest BCUT2D eigenvalue weighted by atomic mass is 9.91. The Labute approximate surface area is 217 Å². The monoisotopic (exact) mass is 507 g/mol. The minimum absolute atomic E-state index is 0.00245. The first-order valence-electron chi connectivity index (χ1n) is 13.1. The van der Waals surface area contributed by atoms with Crippen LogP contribution < -0.4 is 5.32 Å². The number of hydrogen-bond acceptors (Lipinski definition) is 4. The molecule has 1 aliphatic carbocycles. The number of hydrogen-bond donors (Lipinski definition) is 1. The third kappa shape index (κ3) is 5.32. The van der Waals surface area contributed by atoms with E-state index in [1.54, 1.807) is 34.1 Å². The molecule has 37 heavy (non-hydrogen) atoms. The molecule has 196 valence electrons. The molecule has 0 aromatic heterocycles. The van der Waals surface area contributed by atoms with Crippen molar-refractivity contribution in [2.24, 2.45) is 0 Å². The zero-order valence-electron chi connectivity index (χ0n) is 21.2. The van der Waals surface area contributed by atoms with E-state index < -0.39 is 12.2 Å². The van der Waals surface area contributed by atoms with Crippen LogP contribution in [-0.4, -0.2) is 76.0 Å². The van der Waals surface area contributed by atoms with Gasteiger partial charge in [0.1, 0.15) is 18.0 Å². The number of urea groups is 1. The molecule has 9 heteroatoms. The Kier molecular flexibility index (Phi) is 7.41. The van der Waals surface area contributed by atoms with Crippen LogP contribution in [-0.2, 0) is 22.6 Å². The van der Waals surface area contributed by atoms with Crippen molar-refractivity contribution in [2.75, 3.05) is 20.1 Å². The maximum absolute atomic E-state index is 13.9. The lowest BCUT2D eigenvalue weighted by molar-refractivity contribution is -0.189. The van der Waals surface area contributed by atoms with Gasteiger partial charge in [0.2, 0.25) is 11.8 Å². The van der Waals surface area contributed by atoms with Crippen LogP contribution in [0, 0.1) is 5.82 Å². The molecule has 0 radical (unpaired) electrons. The van der Waals surface area contributed by atoms with Crippen LogP contribution in [0.5, 0.6) is 0 Å². The Morgan fingerprint density at radius 1 is 0.973 bits per heavy atom. The molecule has 0 bridgehead atoms. The number of carbonyl (C=O) groups excluding carboxylic acids is 3. The van der Waals surface area contributed by atoms with Gasteiger partial charge in [-0.05, 0) is 36.1 Å². The van der Waals surface area contributed by atoms with Crippen LogP contribution in [0.3, 0.4) is 0 Å². The van der Waals surface area contributed by atoms with Gasteiger partial charge >= 0.3 is 6.03 Å². The fraction of sp³-hybridized carbons (Fsp3) is 0.464. The van der Waals surface area contributed by atoms with Gasteiger partial charge in [0, 0.05) is 26.1 Å². The van der Waals surface area contributed by atoms with Crippen LogP contribution in [0.1, 0.15) is 43.2 Å². The van der Waals surface area contributed by atoms with Crippen LogP contribution >= 0.6 is 0 Å². The largest absolute Gasteiger partial charge is 0.334 e. The molecule has 4 amide bonds. The van der Waals surface area contributed by atoms with Gasteiger partial charge in [0.25, 0.3) is 0 Å². The van der Waals surface area contributed by atoms with Crippen molar-refractivity contribution in [3.8, 4) is 0 Å². The van der Waals surface area contributed by atoms with Gasteiger partial charge in [-0.3, -0.25) is 9.59 Å². The Balaban J connectivity index is 1.43. The van der Waals surface area contributed by atoms with Crippen molar-refractivity contribution in [1.82, 2.24) is 25.1 Å². The molecule has 2 aromatic rings. The Morgan fingerprint density at radius 3 is 2.38 bits per heavy atom. The number of nitrogens with one attached hydrogen (secondary N) is 1. The maximum Gasteiger partial charge on any atom is 0.334 e. The zero-order valence-corrected chi connectivity index (χ0v) is 21.2. The summed E-state index contributed by atoms with van der Waals surface area (Å²) < 4.78 is 13.3. The second kappa shape index (κ2) is 10.9. The maximum atomic E-state index is 13.9. The zero-order chi connectivity index (χ0) is 25.9. The molecular formula is C28H34FN5O3. The van der Waals surface area contributed by atoms with Crippen LogP contribution in [0.4, 0.5) is 9.18 Å². The fourth-order valence-electron chi connectivity index (χ4n) is 5.88. The topological polar surface area (TPSA) is 76.2 Å². The van der Waals surface area contributed by atoms with Crippen molar-refractivity contribution >= 4 is 17.8 Å². The van der Waals surface area contributed by atoms with Gasteiger partial charge < -0.3 is 15.1 Å². The molecule has 2 atom stereocenters. The van der Waals surface area contributed by atoms with Gasteiger partial charge in [0.05, 0.1) is 13.1 Å². The average Bonchev–Trinajstić information content (AvgIpc) is 2.90. The summed E-state index contributed by atoms with van der Waals surface area (Å²) in [6.45, 7) is 0.514. The van der Waals surface area contributed by atoms with Crippen molar-refractivity contribution in [3.63, 3.8) is 0 Å². The number of rotatable bonds is 5. The standard InChI is InChI=1S/C28H34FN5O3/c1-31-19-26(35)33-24(16-20-8-4-2-5-9-20)27(36)32(23-10-6-3-7-11-23)18-25(33)34(31)28(37)30-17-21-12-14-22(29)15-13-21/h2,4-5,8-9,12-15,23-25H,3,6-7,10-11,16-19H2,1H3,(H,30,37)/t24-,25-/m0/s1. The Hall–Kier alpha value is -3.46. The third-order valence-electron chi connectivity index (χ3n) is 7.74. The molecule has 1 N–H and O–H groups in total. The highest BCUT2D eigenvalue weighted by Gasteiger charge is 2.51. The SMILES string of the molecule is CN1CC(=O)N2[C@@H](Cc3ccccc3)C(=O)N(C3CCCCC3)C[C@@H]2N1C(=O)NCc1ccc(F)cc1. The van der Waals surface area contributed by atoms with E-state index in [2.05, 4.69) is 5.32 Å². The van der Waals surface area contributed by atoms with Crippen molar-refractivity contribution < 1.29 is 18.8 Å². The van der Waals surface area contributed by atoms with Crippen LogP contribution in [0.15, 0.2) is 54.6 Å². The van der Waals surface area contributed by atoms with Crippen LogP contribution in [0.25, 0.3) is 0 Å². The first kappa shape index (κ1) is 25.2. The number of carbonyl (C=O) groups is 3. The van der Waals surface area contributed by atoms with Crippen molar-refractivity contribution in [1.29, 1.82) is 0 Å². The van der Waals surface area contributed by atoms with E-state index in [0.717, 1.165) is 36.8 Å². The fourth-order valence-corrected chi connectivity index (χ4v) is 5.88. The van der Waals surface area contributed by atoms with E-state index in [0.29, 0.717) is 6.42 Å². The second-order valence-corrected chi connectivity index (χ2v) is 10.2. The van der Waals surface area contributed by atoms with E-state index in [4.69, 9.17) is 0 Å². The number of benzene rings is 2. The molecule has 2 heterocycles. The summed E-state index contributed by atoms with van der Waals surface area (Å²) >= 11 is 0. The second-order valence-electron chi connectivity index (χ2n) is 10.2. The molecule has 3 fully saturated rings. The quantitative estimate of drug-likeness (QED) is 0.675. The van der Waals surface area contributed by atoms with Crippen molar-refractivity contribution in [3.05, 3.63) is 71.5 Å². The summed E-state index contributed by atoms with van der Waals surface area (Å²) in [5.74, 6) is -0.525. The number of nitrogens with zero attached hydrogens (tertiary/aromatic N) is 4. The number of hydrazine groups is 1. The summed E-state index contributed by atoms with van der Waals surface area (Å²) in [5.41, 5.74) is 1.75. The first-order valence-corrected chi connectivity index (χ1v) is 13.1. The molecule has 5 rings (SSSR count). The number of halogens is 1. The number of fused-ring (bicyclic) bond motifs is 1. The molecule has 2 aliphatic heterocycles. The predicted octanol–water partition coefficient (Wildman–Crippen LogP) is 3.14. The molecule has 2 aromatic carbocycles. The summed E-state index contributed by atoms with van der Waals surface area (Å²) in [5, 5.41) is 6.13. The minimum atomic E-state index is -0.670. The smallest absolute Gasteiger partial charge is 0.334 e. The Bertz CT molecular complexity index is 1120. The van der Waals surface area contributed by atoms with E-state index >= 15 is 0 Å². The number of likely N-dealkylation sites (N-methyl/N-ethyl adjacent to an activating group) is 1. The molecular weight excluding hydrogens is 473 g/mol. The van der Waals surface area contributed by atoms with Gasteiger partial charge in [-0.15, -0.1) is 0 Å². The van der Waals surface area contributed by atoms with E-state index in [1.807, 2.05) is 35.2 Å². The lowest BCUT2D eigenvalue weighted by Crippen LogP contribution is -2.77. The molecule has 2 saturated heterocycles. The van der Waals surface area contributed by atoms with Gasteiger partial charge in [-0.2, -0.15) is 0 Å². The molecule has 0 unspecified atom stereocenters. The van der Waals surface area contributed by atoms with E-state index in [9.17, 15) is 18.8 Å². The van der Waals surface area contributed by atoms with Gasteiger partial charge in [0.15, 0.2) is 0 Å². The minimum Gasteiger partial charge on any atom is -0.334 e. The van der Waals surface area contributed by atoms with E-state index in [1.165, 1.54) is 18.6 Å². The summed E-state index contributed by atoms with van der Waals surface area (Å²) in [4.78, 5) is 44.3. The highest BCUT2D eigenvalue weighted by atomic mass is 19.1. The average molecular weight is 508 g/mol. The Morgan fingerprint density at radius 2 is 1.68 bits per heavy atom. The first-order chi connectivity index (χ1) is 17.9. The van der Waals surface area contributed by atoms with Crippen molar-refractivity contribution in [2.45, 2.75) is 63.3 Å². The normalized spacial score (nSPS) is 23.2. The van der Waals surface area contributed by atoms with Crippen LogP contribution in [0.2, 0.25) is 0 Å². The van der Waals surface area contributed by atoms with E-state index in [-0.39, 0.29) is 49.3 Å². The highest BCUT2D eigenvalue weighted by Crippen LogP contribution is 2.32. The van der Waals surface area contributed by atoms with Gasteiger partial charge in [-0.25, -0.2) is 19.2 Å². The molecule has 3 aliphatic rings. The molecule has 1 saturated carbocycles. The lowest BCUT2D eigenvalue weighted by Gasteiger charge is -2.55. The summed E-state index contributed by atoms with van der Waals surface area (Å²) in [6, 6.07) is 14.8. The summed E-state index contributed by atoms with van der Waals surface area (Å²) in [7, 11) is 1.72. The number of amides is 4. The third-order valence-corrected chi connectivity index (χ3v) is 7.74. The summed E-state index contributed by atoms with van der Waals surface area (Å²) in [6.07, 6.45) is 5.00. The highest BCUT2D eigenvalue weighted by molar-refractivity contribution is 5.91. The number of piperazine rings is 1. The predicted molar refractivity (Wildman–Crippen MR) is 136 cm³/mol.